The van der Waals surface area contributed by atoms with Crippen LogP contribution < -0.4 is 10.4 Å². The van der Waals surface area contributed by atoms with Crippen molar-refractivity contribution in [3.05, 3.63) is 102 Å². The summed E-state index contributed by atoms with van der Waals surface area (Å²) in [5.41, 5.74) is 1.08. The zero-order valence-corrected chi connectivity index (χ0v) is 16.5. The Morgan fingerprint density at radius 2 is 1.22 bits per heavy atom. The van der Waals surface area contributed by atoms with E-state index >= 15 is 0 Å². The molecule has 3 aromatic rings. The summed E-state index contributed by atoms with van der Waals surface area (Å²) in [4.78, 5) is 0. The van der Waals surface area contributed by atoms with Gasteiger partial charge < -0.3 is 0 Å². The first-order valence-corrected chi connectivity index (χ1v) is 12.2. The fraction of sp³-hybridized carbons (Fsp3) is 0.200. The third kappa shape index (κ3) is 3.96. The van der Waals surface area contributed by atoms with Crippen molar-refractivity contribution in [1.29, 1.82) is 0 Å². The first-order chi connectivity index (χ1) is 13.3. The highest BCUT2D eigenvalue weighted by molar-refractivity contribution is 7.02. The molecule has 4 rings (SSSR count). The maximum Gasteiger partial charge on any atom is 0.123 e. The molecule has 27 heavy (non-hydrogen) atoms. The van der Waals surface area contributed by atoms with Gasteiger partial charge in [0.25, 0.3) is 0 Å². The molecule has 136 valence electrons. The van der Waals surface area contributed by atoms with E-state index in [1.165, 1.54) is 37.1 Å². The molecule has 0 aromatic heterocycles. The lowest BCUT2D eigenvalue weighted by molar-refractivity contribution is 0.574. The highest BCUT2D eigenvalue weighted by atomic mass is 28.3. The summed E-state index contributed by atoms with van der Waals surface area (Å²) in [5.74, 6) is 0.439. The van der Waals surface area contributed by atoms with Crippen molar-refractivity contribution >= 4 is 24.5 Å². The third-order valence-corrected chi connectivity index (χ3v) is 11.1. The Balaban J connectivity index is 1.54. The van der Waals surface area contributed by atoms with E-state index in [-0.39, 0.29) is 5.82 Å². The topological polar surface area (TPSA) is 0 Å². The average Bonchev–Trinajstić information content (AvgIpc) is 2.75. The van der Waals surface area contributed by atoms with E-state index in [0.717, 1.165) is 5.56 Å². The van der Waals surface area contributed by atoms with Gasteiger partial charge in [0.1, 0.15) is 13.9 Å². The van der Waals surface area contributed by atoms with Crippen LogP contribution in [0, 0.1) is 11.7 Å². The molecule has 2 heteroatoms. The number of benzene rings is 3. The minimum atomic E-state index is -1.68. The Labute approximate surface area is 162 Å². The molecule has 0 nitrogen and oxygen atoms in total. The van der Waals surface area contributed by atoms with Gasteiger partial charge in [-0.15, -0.1) is 0 Å². The standard InChI is InChI=1S/C25H25FSi/c26-23-15-13-21(14-16-23)11-12-22-17-19-27(20-18-22,24-7-3-1-4-8-24)25-9-5-2-6-10-25/h1-16,22H,17-20H2/b12-11+. The lowest BCUT2D eigenvalue weighted by atomic mass is 10.0. The van der Waals surface area contributed by atoms with E-state index < -0.39 is 8.07 Å². The number of halogens is 1. The lowest BCUT2D eigenvalue weighted by Crippen LogP contribution is -2.59. The molecular weight excluding hydrogens is 347 g/mol. The van der Waals surface area contributed by atoms with Crippen LogP contribution in [0.25, 0.3) is 6.08 Å². The van der Waals surface area contributed by atoms with Crippen LogP contribution in [-0.4, -0.2) is 8.07 Å². The number of hydrogen-bond donors (Lipinski definition) is 0. The molecular formula is C25H25FSi. The van der Waals surface area contributed by atoms with Gasteiger partial charge in [-0.3, -0.25) is 0 Å². The van der Waals surface area contributed by atoms with E-state index in [1.807, 2.05) is 12.1 Å². The normalized spacial score (nSPS) is 17.2. The van der Waals surface area contributed by atoms with Crippen LogP contribution in [0.4, 0.5) is 4.39 Å². The van der Waals surface area contributed by atoms with Crippen LogP contribution in [0.1, 0.15) is 18.4 Å². The summed E-state index contributed by atoms with van der Waals surface area (Å²) in [6, 6.07) is 31.7. The maximum atomic E-state index is 13.1. The molecule has 1 fully saturated rings. The van der Waals surface area contributed by atoms with Gasteiger partial charge in [-0.2, -0.15) is 0 Å². The van der Waals surface area contributed by atoms with Crippen molar-refractivity contribution in [2.45, 2.75) is 24.9 Å². The van der Waals surface area contributed by atoms with Crippen LogP contribution in [0.2, 0.25) is 12.1 Å². The van der Waals surface area contributed by atoms with E-state index in [0.29, 0.717) is 5.92 Å². The number of rotatable bonds is 4. The fourth-order valence-corrected chi connectivity index (χ4v) is 9.53. The Morgan fingerprint density at radius 1 is 0.704 bits per heavy atom. The monoisotopic (exact) mass is 372 g/mol. The molecule has 0 bridgehead atoms. The highest BCUT2D eigenvalue weighted by Gasteiger charge is 2.39. The van der Waals surface area contributed by atoms with Crippen molar-refractivity contribution in [2.75, 3.05) is 0 Å². The molecule has 0 N–H and O–H groups in total. The van der Waals surface area contributed by atoms with Gasteiger partial charge in [0.05, 0.1) is 0 Å². The minimum Gasteiger partial charge on any atom is -0.207 e. The smallest absolute Gasteiger partial charge is 0.123 e. The van der Waals surface area contributed by atoms with E-state index in [4.69, 9.17) is 0 Å². The van der Waals surface area contributed by atoms with E-state index in [2.05, 4.69) is 72.8 Å². The van der Waals surface area contributed by atoms with Crippen LogP contribution in [0.3, 0.4) is 0 Å². The third-order valence-electron chi connectivity index (χ3n) is 5.97. The second-order valence-corrected chi connectivity index (χ2v) is 11.9. The van der Waals surface area contributed by atoms with Crippen LogP contribution >= 0.6 is 0 Å². The van der Waals surface area contributed by atoms with Crippen LogP contribution in [-0.2, 0) is 0 Å². The molecule has 1 aliphatic heterocycles. The summed E-state index contributed by atoms with van der Waals surface area (Å²) in [7, 11) is -1.68. The molecule has 1 heterocycles. The van der Waals surface area contributed by atoms with Gasteiger partial charge in [-0.25, -0.2) is 4.39 Å². The predicted octanol–water partition coefficient (Wildman–Crippen LogP) is 5.51. The SMILES string of the molecule is Fc1ccc(/C=C/C2CC[Si](c3ccccc3)(c3ccccc3)CC2)cc1. The van der Waals surface area contributed by atoms with E-state index in [9.17, 15) is 4.39 Å². The van der Waals surface area contributed by atoms with Gasteiger partial charge in [0.15, 0.2) is 0 Å². The number of hydrogen-bond acceptors (Lipinski definition) is 0. The van der Waals surface area contributed by atoms with Gasteiger partial charge in [-0.1, -0.05) is 95.3 Å². The largest absolute Gasteiger partial charge is 0.207 e. The quantitative estimate of drug-likeness (QED) is 0.530. The van der Waals surface area contributed by atoms with Gasteiger partial charge in [0, 0.05) is 0 Å². The average molecular weight is 373 g/mol. The molecule has 1 aliphatic rings. The van der Waals surface area contributed by atoms with Crippen LogP contribution in [0.15, 0.2) is 91.0 Å². The Bertz CT molecular complexity index is 835. The fourth-order valence-electron chi connectivity index (χ4n) is 4.40. The summed E-state index contributed by atoms with van der Waals surface area (Å²) < 4.78 is 13.1. The van der Waals surface area contributed by atoms with Gasteiger partial charge in [0.2, 0.25) is 0 Å². The molecule has 0 saturated carbocycles. The second kappa shape index (κ2) is 8.06. The van der Waals surface area contributed by atoms with Crippen molar-refractivity contribution in [2.24, 2.45) is 5.92 Å². The molecule has 0 aliphatic carbocycles. The summed E-state index contributed by atoms with van der Waals surface area (Å²) >= 11 is 0. The Kier molecular flexibility index (Phi) is 5.35. The maximum absolute atomic E-state index is 13.1. The molecule has 0 unspecified atom stereocenters. The molecule has 1 saturated heterocycles. The first-order valence-electron chi connectivity index (χ1n) is 9.81. The van der Waals surface area contributed by atoms with Crippen molar-refractivity contribution < 1.29 is 4.39 Å². The van der Waals surface area contributed by atoms with E-state index in [1.54, 1.807) is 10.4 Å². The van der Waals surface area contributed by atoms with Crippen molar-refractivity contribution in [1.82, 2.24) is 0 Å². The lowest BCUT2D eigenvalue weighted by Gasteiger charge is -2.39. The molecule has 0 atom stereocenters. The summed E-state index contributed by atoms with van der Waals surface area (Å²) in [6.07, 6.45) is 6.95. The minimum absolute atomic E-state index is 0.175. The van der Waals surface area contributed by atoms with Crippen molar-refractivity contribution in [3.8, 4) is 0 Å². The van der Waals surface area contributed by atoms with Crippen molar-refractivity contribution in [3.63, 3.8) is 0 Å². The molecule has 0 amide bonds. The molecule has 0 radical (unpaired) electrons. The second-order valence-electron chi connectivity index (χ2n) is 7.56. The summed E-state index contributed by atoms with van der Waals surface area (Å²) in [6.45, 7) is 0. The Hall–Kier alpha value is -2.45. The van der Waals surface area contributed by atoms with Crippen LogP contribution in [0.5, 0.6) is 0 Å². The zero-order valence-electron chi connectivity index (χ0n) is 15.5. The van der Waals surface area contributed by atoms with Gasteiger partial charge >= 0.3 is 0 Å². The highest BCUT2D eigenvalue weighted by Crippen LogP contribution is 2.33. The first kappa shape index (κ1) is 17.9. The number of allylic oxidation sites excluding steroid dienone is 1. The molecule has 0 spiro atoms. The zero-order chi connectivity index (χ0) is 18.5. The summed E-state index contributed by atoms with van der Waals surface area (Å²) in [5, 5.41) is 3.13. The Morgan fingerprint density at radius 3 is 1.74 bits per heavy atom. The predicted molar refractivity (Wildman–Crippen MR) is 116 cm³/mol. The van der Waals surface area contributed by atoms with Gasteiger partial charge in [-0.05, 0) is 48.5 Å². The molecule has 3 aromatic carbocycles.